The third-order valence-corrected chi connectivity index (χ3v) is 6.19. The van der Waals surface area contributed by atoms with Gasteiger partial charge in [0.1, 0.15) is 6.61 Å². The second-order valence-corrected chi connectivity index (χ2v) is 8.88. The molecular formula is C19H34NO6S2+. The molecular weight excluding hydrogens is 402 g/mol. The minimum atomic E-state index is -4.16. The summed E-state index contributed by atoms with van der Waals surface area (Å²) in [6.07, 6.45) is 0.437. The van der Waals surface area contributed by atoms with Gasteiger partial charge in [-0.05, 0) is 19.4 Å². The minimum Gasteiger partial charge on any atom is -0.464 e. The molecule has 0 saturated heterocycles. The molecule has 0 aromatic heterocycles. The smallest absolute Gasteiger partial charge is 0.397 e. The molecule has 7 nitrogen and oxygen atoms in total. The molecule has 0 aliphatic rings. The summed E-state index contributed by atoms with van der Waals surface area (Å²) in [7, 11) is -0.991. The molecule has 1 rings (SSSR count). The van der Waals surface area contributed by atoms with Crippen LogP contribution in [0.5, 0.6) is 0 Å². The lowest BCUT2D eigenvalue weighted by Gasteiger charge is -2.32. The number of benzene rings is 1. The molecule has 0 radical (unpaired) electrons. The predicted molar refractivity (Wildman–Crippen MR) is 114 cm³/mol. The Morgan fingerprint density at radius 2 is 1.71 bits per heavy atom. The fraction of sp³-hybridized carbons (Fsp3) is 0.632. The van der Waals surface area contributed by atoms with Crippen molar-refractivity contribution in [3.05, 3.63) is 35.9 Å². The first-order valence-corrected chi connectivity index (χ1v) is 11.7. The van der Waals surface area contributed by atoms with Crippen molar-refractivity contribution in [2.24, 2.45) is 0 Å². The first kappa shape index (κ1) is 26.9. The highest BCUT2D eigenvalue weighted by Crippen LogP contribution is 2.29. The first-order chi connectivity index (χ1) is 13.1. The van der Waals surface area contributed by atoms with Gasteiger partial charge in [0.05, 0.1) is 39.0 Å². The third kappa shape index (κ3) is 12.4. The Morgan fingerprint density at radius 1 is 1.18 bits per heavy atom. The number of rotatable bonds is 11. The average molecular weight is 437 g/mol. The molecule has 1 aromatic carbocycles. The lowest BCUT2D eigenvalue weighted by atomic mass is 10.1. The molecule has 1 aromatic rings. The highest BCUT2D eigenvalue weighted by Gasteiger charge is 2.19. The number of esters is 1. The van der Waals surface area contributed by atoms with Gasteiger partial charge in [0.2, 0.25) is 0 Å². The van der Waals surface area contributed by atoms with Crippen molar-refractivity contribution >= 4 is 28.1 Å². The summed E-state index contributed by atoms with van der Waals surface area (Å²) in [5.41, 5.74) is 1.23. The summed E-state index contributed by atoms with van der Waals surface area (Å²) in [6, 6.07) is 10.3. The van der Waals surface area contributed by atoms with Crippen molar-refractivity contribution in [1.29, 1.82) is 0 Å². The molecule has 9 heteroatoms. The Bertz CT molecular complexity index is 648. The van der Waals surface area contributed by atoms with E-state index in [9.17, 15) is 13.2 Å². The number of carbonyl (C=O) groups is 1. The molecule has 1 unspecified atom stereocenters. The number of thioether (sulfide) groups is 1. The molecule has 162 valence electrons. The van der Waals surface area contributed by atoms with E-state index in [0.717, 1.165) is 37.0 Å². The second kappa shape index (κ2) is 13.9. The van der Waals surface area contributed by atoms with Crippen LogP contribution >= 0.6 is 11.8 Å². The third-order valence-electron chi connectivity index (χ3n) is 4.54. The van der Waals surface area contributed by atoms with Crippen LogP contribution in [0.4, 0.5) is 0 Å². The van der Waals surface area contributed by atoms with Crippen LogP contribution in [0.2, 0.25) is 0 Å². The van der Waals surface area contributed by atoms with Gasteiger partial charge in [0, 0.05) is 12.2 Å². The molecule has 28 heavy (non-hydrogen) atoms. The summed E-state index contributed by atoms with van der Waals surface area (Å²) >= 11 is 1.89. The molecule has 0 amide bonds. The van der Waals surface area contributed by atoms with Crippen LogP contribution in [0.25, 0.3) is 0 Å². The fourth-order valence-electron chi connectivity index (χ4n) is 2.13. The summed E-state index contributed by atoms with van der Waals surface area (Å²) < 4.78 is 36.2. The number of quaternary nitrogens is 1. The van der Waals surface area contributed by atoms with E-state index in [0.29, 0.717) is 13.0 Å². The highest BCUT2D eigenvalue weighted by molar-refractivity contribution is 7.99. The Morgan fingerprint density at radius 3 is 2.14 bits per heavy atom. The van der Waals surface area contributed by atoms with Crippen molar-refractivity contribution in [2.45, 2.75) is 32.4 Å². The second-order valence-electron chi connectivity index (χ2n) is 6.38. The van der Waals surface area contributed by atoms with Gasteiger partial charge in [-0.2, -0.15) is 8.42 Å². The Balaban J connectivity index is 0.00000105. The van der Waals surface area contributed by atoms with Gasteiger partial charge in [-0.25, -0.2) is 0 Å². The number of carbonyl (C=O) groups excluding carboxylic acids is 1. The minimum absolute atomic E-state index is 0.121. The van der Waals surface area contributed by atoms with Gasteiger partial charge in [-0.15, -0.1) is 11.8 Å². The van der Waals surface area contributed by atoms with Crippen LogP contribution in [-0.2, 0) is 24.1 Å². The standard InChI is InChI=1S/C18H30NO2S.CH4O4S/c1-5-18(20)21-15-17(16-11-9-8-10-12-16)22-14-13-19(4,6-2)7-3;1-5-6(2,3)4/h8-12,17H,5-7,13-15H2,1-4H3;1H3,(H,2,3,4)/q+1;. The maximum Gasteiger partial charge on any atom is 0.397 e. The van der Waals surface area contributed by atoms with Gasteiger partial charge >= 0.3 is 16.4 Å². The van der Waals surface area contributed by atoms with E-state index in [2.05, 4.69) is 37.2 Å². The van der Waals surface area contributed by atoms with Crippen molar-refractivity contribution in [1.82, 2.24) is 0 Å². The van der Waals surface area contributed by atoms with Gasteiger partial charge in [0.25, 0.3) is 0 Å². The van der Waals surface area contributed by atoms with Crippen LogP contribution in [0.15, 0.2) is 30.3 Å². The molecule has 1 atom stereocenters. The van der Waals surface area contributed by atoms with Crippen molar-refractivity contribution in [2.75, 3.05) is 46.2 Å². The number of hydrogen-bond acceptors (Lipinski definition) is 6. The lowest BCUT2D eigenvalue weighted by molar-refractivity contribution is -0.903. The normalized spacial score (nSPS) is 12.6. The number of ether oxygens (including phenoxy) is 1. The molecule has 0 fully saturated rings. The summed E-state index contributed by atoms with van der Waals surface area (Å²) in [5.74, 6) is 0.950. The van der Waals surface area contributed by atoms with E-state index in [1.807, 2.05) is 36.9 Å². The van der Waals surface area contributed by atoms with Gasteiger partial charge in [-0.1, -0.05) is 37.3 Å². The van der Waals surface area contributed by atoms with E-state index in [-0.39, 0.29) is 11.2 Å². The van der Waals surface area contributed by atoms with E-state index in [1.165, 1.54) is 5.56 Å². The molecule has 0 spiro atoms. The van der Waals surface area contributed by atoms with Gasteiger partial charge in [-0.3, -0.25) is 13.5 Å². The molecule has 0 bridgehead atoms. The van der Waals surface area contributed by atoms with Crippen LogP contribution in [0, 0.1) is 0 Å². The first-order valence-electron chi connectivity index (χ1n) is 9.29. The molecule has 0 saturated carbocycles. The van der Waals surface area contributed by atoms with Crippen LogP contribution in [0.3, 0.4) is 0 Å². The van der Waals surface area contributed by atoms with E-state index in [1.54, 1.807) is 0 Å². The molecule has 1 N–H and O–H groups in total. The zero-order valence-corrected chi connectivity index (χ0v) is 19.1. The Labute approximate surface area is 174 Å². The largest absolute Gasteiger partial charge is 0.464 e. The van der Waals surface area contributed by atoms with E-state index in [4.69, 9.17) is 9.29 Å². The maximum absolute atomic E-state index is 11.4. The topological polar surface area (TPSA) is 89.9 Å². The van der Waals surface area contributed by atoms with E-state index < -0.39 is 10.4 Å². The highest BCUT2D eigenvalue weighted by atomic mass is 32.3. The summed E-state index contributed by atoms with van der Waals surface area (Å²) in [5, 5.41) is 0.221. The van der Waals surface area contributed by atoms with Crippen LogP contribution in [0.1, 0.15) is 38.0 Å². The van der Waals surface area contributed by atoms with Crippen molar-refractivity contribution < 1.29 is 31.2 Å². The zero-order chi connectivity index (χ0) is 21.6. The predicted octanol–water partition coefficient (Wildman–Crippen LogP) is 3.34. The van der Waals surface area contributed by atoms with Gasteiger partial charge in [0.15, 0.2) is 0 Å². The quantitative estimate of drug-likeness (QED) is 0.323. The monoisotopic (exact) mass is 436 g/mol. The van der Waals surface area contributed by atoms with Crippen molar-refractivity contribution in [3.8, 4) is 0 Å². The summed E-state index contributed by atoms with van der Waals surface area (Å²) in [4.78, 5) is 11.4. The SMILES string of the molecule is CCC(=O)OCC(SCC[N+](C)(CC)CC)c1ccccc1.COS(=O)(=O)O. The van der Waals surface area contributed by atoms with Crippen molar-refractivity contribution in [3.63, 3.8) is 0 Å². The molecule has 0 heterocycles. The van der Waals surface area contributed by atoms with E-state index >= 15 is 0 Å². The molecule has 0 aliphatic heterocycles. The number of hydrogen-bond donors (Lipinski definition) is 1. The average Bonchev–Trinajstić information content (AvgIpc) is 2.70. The Hall–Kier alpha value is -1.13. The lowest BCUT2D eigenvalue weighted by Crippen LogP contribution is -2.45. The number of nitrogens with zero attached hydrogens (tertiary/aromatic N) is 1. The Kier molecular flexibility index (Phi) is 13.4. The zero-order valence-electron chi connectivity index (χ0n) is 17.5. The van der Waals surface area contributed by atoms with Gasteiger partial charge < -0.3 is 9.22 Å². The molecule has 0 aliphatic carbocycles. The fourth-order valence-corrected chi connectivity index (χ4v) is 3.48. The van der Waals surface area contributed by atoms with Crippen LogP contribution in [-0.4, -0.2) is 69.6 Å². The maximum atomic E-state index is 11.4. The van der Waals surface area contributed by atoms with Crippen LogP contribution < -0.4 is 0 Å². The summed E-state index contributed by atoms with van der Waals surface area (Å²) in [6.45, 7) is 10.2.